The first-order valence-electron chi connectivity index (χ1n) is 7.15. The quantitative estimate of drug-likeness (QED) is 0.837. The van der Waals surface area contributed by atoms with Gasteiger partial charge < -0.3 is 10.1 Å². The second-order valence-electron chi connectivity index (χ2n) is 5.22. The minimum absolute atomic E-state index is 0.0527. The number of hydrogen-bond acceptors (Lipinski definition) is 3. The van der Waals surface area contributed by atoms with Crippen LogP contribution in [-0.4, -0.2) is 29.0 Å². The molecule has 0 atom stereocenters. The van der Waals surface area contributed by atoms with Crippen LogP contribution in [0.4, 0.5) is 0 Å². The van der Waals surface area contributed by atoms with Gasteiger partial charge in [0.2, 0.25) is 0 Å². The molecule has 1 aromatic rings. The van der Waals surface area contributed by atoms with E-state index in [1.54, 1.807) is 7.11 Å². The maximum absolute atomic E-state index is 6.39. The SMILES string of the molecule is CCc1nn(CC)c(CNCC2(OC)CCC2)c1Cl. The van der Waals surface area contributed by atoms with E-state index in [1.807, 2.05) is 4.68 Å². The van der Waals surface area contributed by atoms with E-state index in [2.05, 4.69) is 24.3 Å². The van der Waals surface area contributed by atoms with Crippen LogP contribution in [0.3, 0.4) is 0 Å². The fourth-order valence-electron chi connectivity index (χ4n) is 2.62. The van der Waals surface area contributed by atoms with Crippen molar-refractivity contribution >= 4 is 11.6 Å². The zero-order valence-corrected chi connectivity index (χ0v) is 12.9. The minimum atomic E-state index is 0.0527. The molecule has 1 aliphatic carbocycles. The third kappa shape index (κ3) is 2.96. The molecule has 0 saturated heterocycles. The summed E-state index contributed by atoms with van der Waals surface area (Å²) in [6.07, 6.45) is 4.44. The number of methoxy groups -OCH3 is 1. The van der Waals surface area contributed by atoms with E-state index in [1.165, 1.54) is 6.42 Å². The Morgan fingerprint density at radius 1 is 1.42 bits per heavy atom. The molecule has 1 N–H and O–H groups in total. The van der Waals surface area contributed by atoms with Crippen molar-refractivity contribution in [3.8, 4) is 0 Å². The first-order valence-corrected chi connectivity index (χ1v) is 7.53. The van der Waals surface area contributed by atoms with E-state index in [0.29, 0.717) is 0 Å². The maximum atomic E-state index is 6.39. The van der Waals surface area contributed by atoms with Gasteiger partial charge in [0.1, 0.15) is 0 Å². The molecule has 1 fully saturated rings. The zero-order valence-electron chi connectivity index (χ0n) is 12.1. The molecule has 0 aromatic carbocycles. The van der Waals surface area contributed by atoms with Gasteiger partial charge in [-0.2, -0.15) is 5.10 Å². The van der Waals surface area contributed by atoms with Crippen LogP contribution in [-0.2, 0) is 24.2 Å². The number of ether oxygens (including phenoxy) is 1. The lowest BCUT2D eigenvalue weighted by Crippen LogP contribution is -2.47. The lowest BCUT2D eigenvalue weighted by molar-refractivity contribution is -0.0696. The summed E-state index contributed by atoms with van der Waals surface area (Å²) < 4.78 is 7.60. The Hall–Kier alpha value is -0.580. The predicted molar refractivity (Wildman–Crippen MR) is 77.6 cm³/mol. The molecule has 1 saturated carbocycles. The standard InChI is InChI=1S/C14H24ClN3O/c1-4-11-13(15)12(18(5-2)17-11)9-16-10-14(19-3)7-6-8-14/h16H,4-10H2,1-3H3. The van der Waals surface area contributed by atoms with E-state index < -0.39 is 0 Å². The molecule has 19 heavy (non-hydrogen) atoms. The number of rotatable bonds is 7. The zero-order chi connectivity index (χ0) is 13.9. The highest BCUT2D eigenvalue weighted by Crippen LogP contribution is 2.34. The fraction of sp³-hybridized carbons (Fsp3) is 0.786. The van der Waals surface area contributed by atoms with Crippen LogP contribution in [0.2, 0.25) is 5.02 Å². The van der Waals surface area contributed by atoms with E-state index in [9.17, 15) is 0 Å². The number of nitrogens with zero attached hydrogens (tertiary/aromatic N) is 2. The summed E-state index contributed by atoms with van der Waals surface area (Å²) in [5.41, 5.74) is 2.13. The number of nitrogens with one attached hydrogen (secondary N) is 1. The summed E-state index contributed by atoms with van der Waals surface area (Å²) in [6.45, 7) is 6.67. The Labute approximate surface area is 120 Å². The summed E-state index contributed by atoms with van der Waals surface area (Å²) in [5, 5.41) is 8.82. The van der Waals surface area contributed by atoms with Crippen LogP contribution in [0.1, 0.15) is 44.5 Å². The van der Waals surface area contributed by atoms with Crippen molar-refractivity contribution in [2.24, 2.45) is 0 Å². The average Bonchev–Trinajstić information content (AvgIpc) is 2.69. The van der Waals surface area contributed by atoms with Gasteiger partial charge in [-0.05, 0) is 32.6 Å². The normalized spacial score (nSPS) is 17.5. The van der Waals surface area contributed by atoms with E-state index in [0.717, 1.165) is 55.3 Å². The smallest absolute Gasteiger partial charge is 0.0863 e. The molecule has 1 heterocycles. The molecule has 2 rings (SSSR count). The highest BCUT2D eigenvalue weighted by Gasteiger charge is 2.36. The van der Waals surface area contributed by atoms with E-state index >= 15 is 0 Å². The highest BCUT2D eigenvalue weighted by molar-refractivity contribution is 6.31. The van der Waals surface area contributed by atoms with Crippen LogP contribution in [0, 0.1) is 0 Å². The molecule has 4 nitrogen and oxygen atoms in total. The number of halogens is 1. The van der Waals surface area contributed by atoms with Gasteiger partial charge in [0.25, 0.3) is 0 Å². The van der Waals surface area contributed by atoms with Gasteiger partial charge in [0, 0.05) is 26.7 Å². The molecule has 0 amide bonds. The average molecular weight is 286 g/mol. The molecule has 0 spiro atoms. The summed E-state index contributed by atoms with van der Waals surface area (Å²) in [6, 6.07) is 0. The van der Waals surface area contributed by atoms with Crippen molar-refractivity contribution in [3.05, 3.63) is 16.4 Å². The Balaban J connectivity index is 1.97. The lowest BCUT2D eigenvalue weighted by Gasteiger charge is -2.40. The highest BCUT2D eigenvalue weighted by atomic mass is 35.5. The van der Waals surface area contributed by atoms with Gasteiger partial charge in [0.05, 0.1) is 22.0 Å². The second kappa shape index (κ2) is 6.25. The summed E-state index contributed by atoms with van der Waals surface area (Å²) in [7, 11) is 1.80. The first-order chi connectivity index (χ1) is 9.15. The molecule has 108 valence electrons. The second-order valence-corrected chi connectivity index (χ2v) is 5.60. The van der Waals surface area contributed by atoms with Gasteiger partial charge in [0.15, 0.2) is 0 Å². The number of aryl methyl sites for hydroxylation is 2. The van der Waals surface area contributed by atoms with Gasteiger partial charge in [-0.1, -0.05) is 18.5 Å². The molecular weight excluding hydrogens is 262 g/mol. The number of aromatic nitrogens is 2. The van der Waals surface area contributed by atoms with Crippen LogP contribution >= 0.6 is 11.6 Å². The van der Waals surface area contributed by atoms with Gasteiger partial charge >= 0.3 is 0 Å². The van der Waals surface area contributed by atoms with Crippen molar-refractivity contribution in [1.82, 2.24) is 15.1 Å². The molecular formula is C14H24ClN3O. The Bertz CT molecular complexity index is 421. The van der Waals surface area contributed by atoms with Gasteiger partial charge in [-0.25, -0.2) is 0 Å². The predicted octanol–water partition coefficient (Wildman–Crippen LogP) is 2.78. The summed E-state index contributed by atoms with van der Waals surface area (Å²) in [5.74, 6) is 0. The monoisotopic (exact) mass is 285 g/mol. The van der Waals surface area contributed by atoms with Crippen molar-refractivity contribution in [1.29, 1.82) is 0 Å². The molecule has 0 unspecified atom stereocenters. The number of hydrogen-bond donors (Lipinski definition) is 1. The van der Waals surface area contributed by atoms with Crippen molar-refractivity contribution in [2.45, 2.75) is 58.2 Å². The van der Waals surface area contributed by atoms with Crippen LogP contribution < -0.4 is 5.32 Å². The van der Waals surface area contributed by atoms with Crippen LogP contribution in [0.5, 0.6) is 0 Å². The molecule has 5 heteroatoms. The van der Waals surface area contributed by atoms with Crippen molar-refractivity contribution in [3.63, 3.8) is 0 Å². The third-order valence-electron chi connectivity index (χ3n) is 4.13. The largest absolute Gasteiger partial charge is 0.377 e. The Kier molecular flexibility index (Phi) is 4.87. The van der Waals surface area contributed by atoms with E-state index in [4.69, 9.17) is 16.3 Å². The van der Waals surface area contributed by atoms with Crippen molar-refractivity contribution in [2.75, 3.05) is 13.7 Å². The van der Waals surface area contributed by atoms with Crippen LogP contribution in [0.25, 0.3) is 0 Å². The first kappa shape index (κ1) is 14.8. The topological polar surface area (TPSA) is 39.1 Å². The summed E-state index contributed by atoms with van der Waals surface area (Å²) >= 11 is 6.39. The fourth-order valence-corrected chi connectivity index (χ4v) is 2.95. The van der Waals surface area contributed by atoms with Crippen molar-refractivity contribution < 1.29 is 4.74 Å². The summed E-state index contributed by atoms with van der Waals surface area (Å²) in [4.78, 5) is 0. The van der Waals surface area contributed by atoms with Crippen LogP contribution in [0.15, 0.2) is 0 Å². The third-order valence-corrected chi connectivity index (χ3v) is 4.57. The van der Waals surface area contributed by atoms with Gasteiger partial charge in [-0.3, -0.25) is 4.68 Å². The molecule has 0 radical (unpaired) electrons. The van der Waals surface area contributed by atoms with E-state index in [-0.39, 0.29) is 5.60 Å². The lowest BCUT2D eigenvalue weighted by atomic mass is 9.80. The Morgan fingerprint density at radius 2 is 2.16 bits per heavy atom. The minimum Gasteiger partial charge on any atom is -0.377 e. The maximum Gasteiger partial charge on any atom is 0.0863 e. The molecule has 0 aliphatic heterocycles. The molecule has 1 aliphatic rings. The Morgan fingerprint density at radius 3 is 2.63 bits per heavy atom. The molecule has 1 aromatic heterocycles. The van der Waals surface area contributed by atoms with Gasteiger partial charge in [-0.15, -0.1) is 0 Å². The molecule has 0 bridgehead atoms.